The predicted molar refractivity (Wildman–Crippen MR) is 144 cm³/mol. The fourth-order valence-corrected chi connectivity index (χ4v) is 4.79. The molecule has 6 rings (SSSR count). The van der Waals surface area contributed by atoms with Gasteiger partial charge in [0.05, 0.1) is 23.0 Å². The van der Waals surface area contributed by atoms with Crippen molar-refractivity contribution in [3.05, 3.63) is 125 Å². The average Bonchev–Trinajstić information content (AvgIpc) is 3.34. The second kappa shape index (κ2) is 9.17. The molecule has 0 fully saturated rings. The van der Waals surface area contributed by atoms with Crippen LogP contribution in [0, 0.1) is 12.7 Å². The molecule has 4 aromatic carbocycles. The van der Waals surface area contributed by atoms with Crippen LogP contribution < -0.4 is 5.01 Å². The van der Waals surface area contributed by atoms with Crippen LogP contribution in [0.25, 0.3) is 22.2 Å². The maximum atomic E-state index is 14.3. The monoisotopic (exact) mass is 492 g/mol. The number of halogens is 2. The van der Waals surface area contributed by atoms with E-state index in [0.29, 0.717) is 17.4 Å². The molecule has 0 bridgehead atoms. The molecular weight excluding hydrogens is 471 g/mol. The standard InChI is InChI=1S/C30H22ClFN4/c1-19-6-4-7-21(16-19)27-18-28(22-8-5-9-24(32)17-22)36(35-27)30-33-26-11-3-2-10-25(26)29(34-30)20-12-14-23(31)15-13-20/h2-17,28H,18H2,1H3/t28-/m0/s1. The number of hydrogen-bond acceptors (Lipinski definition) is 4. The maximum Gasteiger partial charge on any atom is 0.247 e. The Morgan fingerprint density at radius 2 is 1.64 bits per heavy atom. The van der Waals surface area contributed by atoms with E-state index in [9.17, 15) is 4.39 Å². The van der Waals surface area contributed by atoms with Gasteiger partial charge in [-0.1, -0.05) is 83.9 Å². The van der Waals surface area contributed by atoms with E-state index in [4.69, 9.17) is 26.7 Å². The molecule has 36 heavy (non-hydrogen) atoms. The summed E-state index contributed by atoms with van der Waals surface area (Å²) in [5.74, 6) is 0.188. The van der Waals surface area contributed by atoms with Gasteiger partial charge in [-0.25, -0.2) is 19.4 Å². The van der Waals surface area contributed by atoms with Crippen LogP contribution in [0.1, 0.15) is 29.2 Å². The van der Waals surface area contributed by atoms with E-state index in [2.05, 4.69) is 25.1 Å². The Morgan fingerprint density at radius 3 is 2.44 bits per heavy atom. The topological polar surface area (TPSA) is 41.4 Å². The number of fused-ring (bicyclic) bond motifs is 1. The summed E-state index contributed by atoms with van der Waals surface area (Å²) in [4.78, 5) is 9.89. The van der Waals surface area contributed by atoms with E-state index < -0.39 is 0 Å². The quantitative estimate of drug-likeness (QED) is 0.257. The third-order valence-corrected chi connectivity index (χ3v) is 6.66. The summed E-state index contributed by atoms with van der Waals surface area (Å²) in [6.07, 6.45) is 0.610. The molecule has 0 amide bonds. The molecule has 1 atom stereocenters. The first kappa shape index (κ1) is 22.4. The normalized spacial score (nSPS) is 15.4. The molecule has 0 spiro atoms. The number of benzene rings is 4. The highest BCUT2D eigenvalue weighted by molar-refractivity contribution is 6.30. The number of nitrogens with zero attached hydrogens (tertiary/aromatic N) is 4. The molecule has 2 heterocycles. The van der Waals surface area contributed by atoms with Gasteiger partial charge < -0.3 is 0 Å². The lowest BCUT2D eigenvalue weighted by Crippen LogP contribution is -2.21. The summed E-state index contributed by atoms with van der Waals surface area (Å²) in [5.41, 5.74) is 6.47. The van der Waals surface area contributed by atoms with E-state index in [-0.39, 0.29) is 11.9 Å². The molecular formula is C30H22ClFN4. The van der Waals surface area contributed by atoms with Crippen LogP contribution in [-0.4, -0.2) is 15.7 Å². The lowest BCUT2D eigenvalue weighted by Gasteiger charge is -2.23. The molecule has 4 nitrogen and oxygen atoms in total. The number of rotatable bonds is 4. The Hall–Kier alpha value is -4.09. The lowest BCUT2D eigenvalue weighted by atomic mass is 9.97. The maximum absolute atomic E-state index is 14.3. The van der Waals surface area contributed by atoms with Crippen LogP contribution in [0.15, 0.2) is 102 Å². The minimum atomic E-state index is -0.280. The van der Waals surface area contributed by atoms with Crippen LogP contribution in [0.5, 0.6) is 0 Å². The summed E-state index contributed by atoms with van der Waals surface area (Å²) in [6, 6.07) is 30.2. The van der Waals surface area contributed by atoms with Crippen molar-refractivity contribution >= 4 is 34.2 Å². The summed E-state index contributed by atoms with van der Waals surface area (Å²) in [6.45, 7) is 2.06. The van der Waals surface area contributed by atoms with Crippen molar-refractivity contribution < 1.29 is 4.39 Å². The second-order valence-electron chi connectivity index (χ2n) is 8.93. The predicted octanol–water partition coefficient (Wildman–Crippen LogP) is 7.75. The zero-order valence-corrected chi connectivity index (χ0v) is 20.3. The first-order valence-corrected chi connectivity index (χ1v) is 12.1. The van der Waals surface area contributed by atoms with Gasteiger partial charge in [0.15, 0.2) is 0 Å². The van der Waals surface area contributed by atoms with Gasteiger partial charge in [-0.15, -0.1) is 0 Å². The Kier molecular flexibility index (Phi) is 5.70. The Labute approximate surface area is 213 Å². The van der Waals surface area contributed by atoms with Crippen molar-refractivity contribution in [3.8, 4) is 11.3 Å². The van der Waals surface area contributed by atoms with Gasteiger partial charge in [0.1, 0.15) is 5.82 Å². The molecule has 0 unspecified atom stereocenters. The van der Waals surface area contributed by atoms with Crippen molar-refractivity contribution in [3.63, 3.8) is 0 Å². The zero-order valence-electron chi connectivity index (χ0n) is 19.6. The molecule has 0 saturated carbocycles. The first-order chi connectivity index (χ1) is 17.5. The highest BCUT2D eigenvalue weighted by atomic mass is 35.5. The third kappa shape index (κ3) is 4.23. The van der Waals surface area contributed by atoms with Crippen LogP contribution in [0.3, 0.4) is 0 Å². The molecule has 0 aliphatic carbocycles. The lowest BCUT2D eigenvalue weighted by molar-refractivity contribution is 0.616. The minimum absolute atomic E-state index is 0.240. The largest absolute Gasteiger partial charge is 0.247 e. The molecule has 0 saturated heterocycles. The number of hydrazone groups is 1. The molecule has 1 aromatic heterocycles. The SMILES string of the molecule is Cc1cccc(C2=NN(c3nc(-c4ccc(Cl)cc4)c4ccccc4n3)[C@H](c3cccc(F)c3)C2)c1. The molecule has 1 aliphatic heterocycles. The second-order valence-corrected chi connectivity index (χ2v) is 9.37. The Morgan fingerprint density at radius 1 is 0.833 bits per heavy atom. The molecule has 176 valence electrons. The van der Waals surface area contributed by atoms with Gasteiger partial charge in [0, 0.05) is 22.4 Å². The van der Waals surface area contributed by atoms with Crippen molar-refractivity contribution in [2.24, 2.45) is 5.10 Å². The van der Waals surface area contributed by atoms with Crippen molar-refractivity contribution in [1.29, 1.82) is 0 Å². The summed E-state index contributed by atoms with van der Waals surface area (Å²) in [7, 11) is 0. The number of aromatic nitrogens is 2. The molecule has 5 aromatic rings. The smallest absolute Gasteiger partial charge is 0.223 e. The van der Waals surface area contributed by atoms with Crippen LogP contribution in [-0.2, 0) is 0 Å². The Bertz CT molecular complexity index is 1610. The first-order valence-electron chi connectivity index (χ1n) is 11.8. The zero-order chi connectivity index (χ0) is 24.6. The van der Waals surface area contributed by atoms with E-state index in [0.717, 1.165) is 44.6 Å². The van der Waals surface area contributed by atoms with Crippen LogP contribution in [0.4, 0.5) is 10.3 Å². The summed E-state index contributed by atoms with van der Waals surface area (Å²) >= 11 is 6.15. The van der Waals surface area contributed by atoms with Gasteiger partial charge in [-0.3, -0.25) is 0 Å². The summed E-state index contributed by atoms with van der Waals surface area (Å²) < 4.78 is 14.3. The fraction of sp³-hybridized carbons (Fsp3) is 0.100. The highest BCUT2D eigenvalue weighted by Crippen LogP contribution is 2.38. The molecule has 1 aliphatic rings. The van der Waals surface area contributed by atoms with Gasteiger partial charge in [-0.2, -0.15) is 5.10 Å². The van der Waals surface area contributed by atoms with E-state index in [1.54, 1.807) is 12.1 Å². The van der Waals surface area contributed by atoms with E-state index in [1.807, 2.05) is 65.7 Å². The van der Waals surface area contributed by atoms with E-state index >= 15 is 0 Å². The van der Waals surface area contributed by atoms with Crippen molar-refractivity contribution in [2.75, 3.05) is 5.01 Å². The van der Waals surface area contributed by atoms with Crippen LogP contribution in [0.2, 0.25) is 5.02 Å². The molecule has 0 N–H and O–H groups in total. The number of anilines is 1. The van der Waals surface area contributed by atoms with Gasteiger partial charge in [0.25, 0.3) is 0 Å². The number of aryl methyl sites for hydroxylation is 1. The van der Waals surface area contributed by atoms with Crippen molar-refractivity contribution in [2.45, 2.75) is 19.4 Å². The molecule has 0 radical (unpaired) electrons. The van der Waals surface area contributed by atoms with Crippen molar-refractivity contribution in [1.82, 2.24) is 9.97 Å². The minimum Gasteiger partial charge on any atom is -0.223 e. The van der Waals surface area contributed by atoms with Gasteiger partial charge >= 0.3 is 0 Å². The number of hydrogen-bond donors (Lipinski definition) is 0. The van der Waals surface area contributed by atoms with E-state index in [1.165, 1.54) is 6.07 Å². The Balaban J connectivity index is 1.53. The summed E-state index contributed by atoms with van der Waals surface area (Å²) in [5, 5.41) is 8.43. The highest BCUT2D eigenvalue weighted by Gasteiger charge is 2.32. The van der Waals surface area contributed by atoms with Gasteiger partial charge in [0.2, 0.25) is 5.95 Å². The molecule has 6 heteroatoms. The average molecular weight is 493 g/mol. The number of para-hydroxylation sites is 1. The van der Waals surface area contributed by atoms with Gasteiger partial charge in [-0.05, 0) is 48.4 Å². The fourth-order valence-electron chi connectivity index (χ4n) is 4.66. The third-order valence-electron chi connectivity index (χ3n) is 6.41. The van der Waals surface area contributed by atoms with Crippen LogP contribution >= 0.6 is 11.6 Å².